The number of aliphatic hydroxyl groups is 1. The van der Waals surface area contributed by atoms with Gasteiger partial charge in [-0.05, 0) is 54.7 Å². The molecule has 3 N–H and O–H groups in total. The Labute approximate surface area is 241 Å². The van der Waals surface area contributed by atoms with Crippen LogP contribution in [0.5, 0.6) is 11.5 Å². The zero-order chi connectivity index (χ0) is 29.7. The highest BCUT2D eigenvalue weighted by Gasteiger charge is 2.56. The minimum Gasteiger partial charge on any atom is -0.497 e. The van der Waals surface area contributed by atoms with Gasteiger partial charge in [-0.3, -0.25) is 14.4 Å². The van der Waals surface area contributed by atoms with Crippen LogP contribution in [0.15, 0.2) is 66.7 Å². The molecule has 0 aliphatic heterocycles. The van der Waals surface area contributed by atoms with Gasteiger partial charge in [-0.1, -0.05) is 56.3 Å². The zero-order valence-corrected chi connectivity index (χ0v) is 24.2. The predicted molar refractivity (Wildman–Crippen MR) is 158 cm³/mol. The third-order valence-electron chi connectivity index (χ3n) is 7.94. The Balaban J connectivity index is 1.85. The molecule has 1 saturated carbocycles. The Kier molecular flexibility index (Phi) is 9.13. The Bertz CT molecular complexity index is 1430. The SMILES string of the molecule is CCc1ccccc1NC(=O)C1C(=O)CC(C)(O)C(C(=O)Nc2ccccc2CC)C1c1ccc(OC)cc1OC. The monoisotopic (exact) mass is 558 g/mol. The van der Waals surface area contributed by atoms with Gasteiger partial charge >= 0.3 is 0 Å². The number of rotatable bonds is 9. The minimum atomic E-state index is -1.74. The van der Waals surface area contributed by atoms with Gasteiger partial charge in [0.2, 0.25) is 11.8 Å². The summed E-state index contributed by atoms with van der Waals surface area (Å²) >= 11 is 0. The Morgan fingerprint density at radius 2 is 1.44 bits per heavy atom. The first-order valence-corrected chi connectivity index (χ1v) is 13.9. The number of methoxy groups -OCH3 is 2. The van der Waals surface area contributed by atoms with Crippen LogP contribution >= 0.6 is 0 Å². The lowest BCUT2D eigenvalue weighted by Crippen LogP contribution is -2.56. The van der Waals surface area contributed by atoms with E-state index in [0.29, 0.717) is 41.3 Å². The lowest BCUT2D eigenvalue weighted by molar-refractivity contribution is -0.150. The smallest absolute Gasteiger partial charge is 0.235 e. The number of benzene rings is 3. The number of Topliss-reactive ketones (excluding diaryl/α,β-unsaturated/α-hetero) is 1. The molecular formula is C33H38N2O6. The van der Waals surface area contributed by atoms with Crippen molar-refractivity contribution in [3.63, 3.8) is 0 Å². The summed E-state index contributed by atoms with van der Waals surface area (Å²) in [7, 11) is 2.99. The summed E-state index contributed by atoms with van der Waals surface area (Å²) in [4.78, 5) is 41.8. The average Bonchev–Trinajstić information content (AvgIpc) is 2.96. The number of hydrogen-bond acceptors (Lipinski definition) is 6. The van der Waals surface area contributed by atoms with Gasteiger partial charge in [0, 0.05) is 29.8 Å². The number of aryl methyl sites for hydroxylation is 2. The minimum absolute atomic E-state index is 0.346. The van der Waals surface area contributed by atoms with Crippen molar-refractivity contribution in [1.82, 2.24) is 0 Å². The number of amides is 2. The van der Waals surface area contributed by atoms with Gasteiger partial charge in [0.05, 0.1) is 25.7 Å². The molecule has 3 aromatic rings. The van der Waals surface area contributed by atoms with E-state index in [1.807, 2.05) is 50.2 Å². The predicted octanol–water partition coefficient (Wildman–Crippen LogP) is 5.15. The summed E-state index contributed by atoms with van der Waals surface area (Å²) in [6.07, 6.45) is 1.01. The first-order chi connectivity index (χ1) is 19.6. The van der Waals surface area contributed by atoms with Crippen molar-refractivity contribution < 1.29 is 29.0 Å². The molecule has 4 rings (SSSR count). The summed E-state index contributed by atoms with van der Waals surface area (Å²) in [5.41, 5.74) is 1.77. The number of anilines is 2. The third-order valence-corrected chi connectivity index (χ3v) is 7.94. The lowest BCUT2D eigenvalue weighted by atomic mass is 9.61. The van der Waals surface area contributed by atoms with Gasteiger partial charge in [-0.25, -0.2) is 0 Å². The van der Waals surface area contributed by atoms with Crippen LogP contribution < -0.4 is 20.1 Å². The Morgan fingerprint density at radius 1 is 0.878 bits per heavy atom. The standard InChI is InChI=1S/C33H38N2O6/c1-6-20-12-8-10-14-24(20)34-31(37)29-26(36)19-33(3,39)30(32(38)35-25-15-11-9-13-21(25)7-2)28(29)23-17-16-22(40-4)18-27(23)41-5/h8-18,28-30,39H,6-7,19H2,1-5H3,(H,34,37)(H,35,38). The average molecular weight is 559 g/mol. The van der Waals surface area contributed by atoms with Gasteiger partial charge in [0.15, 0.2) is 0 Å². The van der Waals surface area contributed by atoms with Crippen LogP contribution in [0.2, 0.25) is 0 Å². The first kappa shape index (κ1) is 29.8. The van der Waals surface area contributed by atoms with E-state index in [1.54, 1.807) is 30.3 Å². The van der Waals surface area contributed by atoms with Crippen LogP contribution in [0.25, 0.3) is 0 Å². The number of nitrogens with one attached hydrogen (secondary N) is 2. The fraction of sp³-hybridized carbons (Fsp3) is 0.364. The van der Waals surface area contributed by atoms with Gasteiger partial charge in [-0.2, -0.15) is 0 Å². The molecule has 8 heteroatoms. The van der Waals surface area contributed by atoms with Crippen molar-refractivity contribution in [1.29, 1.82) is 0 Å². The van der Waals surface area contributed by atoms with E-state index < -0.39 is 41.0 Å². The van der Waals surface area contributed by atoms with E-state index in [2.05, 4.69) is 10.6 Å². The summed E-state index contributed by atoms with van der Waals surface area (Å²) in [5, 5.41) is 17.6. The van der Waals surface area contributed by atoms with Crippen LogP contribution in [0.4, 0.5) is 11.4 Å². The van der Waals surface area contributed by atoms with E-state index in [9.17, 15) is 19.5 Å². The van der Waals surface area contributed by atoms with Crippen molar-refractivity contribution in [2.45, 2.75) is 51.6 Å². The molecule has 4 unspecified atom stereocenters. The van der Waals surface area contributed by atoms with E-state index in [-0.39, 0.29) is 6.42 Å². The third kappa shape index (κ3) is 6.12. The maximum absolute atomic E-state index is 14.1. The number of ketones is 1. The summed E-state index contributed by atoms with van der Waals surface area (Å²) in [6.45, 7) is 5.44. The lowest BCUT2D eigenvalue weighted by Gasteiger charge is -2.44. The van der Waals surface area contributed by atoms with Crippen molar-refractivity contribution in [3.05, 3.63) is 83.4 Å². The van der Waals surface area contributed by atoms with Crippen LogP contribution in [-0.4, -0.2) is 42.5 Å². The van der Waals surface area contributed by atoms with E-state index in [1.165, 1.54) is 21.1 Å². The maximum atomic E-state index is 14.1. The van der Waals surface area contributed by atoms with Gasteiger partial charge in [0.1, 0.15) is 23.2 Å². The van der Waals surface area contributed by atoms with Crippen molar-refractivity contribution in [2.24, 2.45) is 11.8 Å². The molecule has 0 aromatic heterocycles. The molecule has 0 saturated heterocycles. The molecule has 3 aromatic carbocycles. The second kappa shape index (κ2) is 12.6. The second-order valence-corrected chi connectivity index (χ2v) is 10.6. The number of hydrogen-bond donors (Lipinski definition) is 3. The molecule has 1 aliphatic rings. The molecule has 216 valence electrons. The fourth-order valence-electron chi connectivity index (χ4n) is 5.88. The zero-order valence-electron chi connectivity index (χ0n) is 24.2. The normalized spacial score (nSPS) is 22.1. The molecule has 4 atom stereocenters. The van der Waals surface area contributed by atoms with Crippen molar-refractivity contribution >= 4 is 29.0 Å². The quantitative estimate of drug-likeness (QED) is 0.313. The van der Waals surface area contributed by atoms with Crippen molar-refractivity contribution in [3.8, 4) is 11.5 Å². The van der Waals surface area contributed by atoms with Crippen molar-refractivity contribution in [2.75, 3.05) is 24.9 Å². The van der Waals surface area contributed by atoms with Crippen LogP contribution in [0.1, 0.15) is 49.8 Å². The molecule has 41 heavy (non-hydrogen) atoms. The molecule has 8 nitrogen and oxygen atoms in total. The van der Waals surface area contributed by atoms with E-state index in [0.717, 1.165) is 11.1 Å². The summed E-state index contributed by atoms with van der Waals surface area (Å²) in [5.74, 6) is -4.09. The highest BCUT2D eigenvalue weighted by molar-refractivity contribution is 6.10. The molecule has 0 spiro atoms. The maximum Gasteiger partial charge on any atom is 0.235 e. The van der Waals surface area contributed by atoms with Gasteiger partial charge in [0.25, 0.3) is 0 Å². The summed E-state index contributed by atoms with van der Waals surface area (Å²) in [6, 6.07) is 19.9. The summed E-state index contributed by atoms with van der Waals surface area (Å²) < 4.78 is 11.0. The molecule has 0 bridgehead atoms. The molecule has 0 heterocycles. The Hall–Kier alpha value is -4.17. The topological polar surface area (TPSA) is 114 Å². The van der Waals surface area contributed by atoms with Crippen LogP contribution in [-0.2, 0) is 27.2 Å². The van der Waals surface area contributed by atoms with Gasteiger partial charge < -0.3 is 25.2 Å². The van der Waals surface area contributed by atoms with Crippen LogP contribution in [0, 0.1) is 11.8 Å². The largest absolute Gasteiger partial charge is 0.497 e. The highest BCUT2D eigenvalue weighted by Crippen LogP contribution is 2.49. The molecule has 2 amide bonds. The van der Waals surface area contributed by atoms with Crippen LogP contribution in [0.3, 0.4) is 0 Å². The number of carbonyl (C=O) groups excluding carboxylic acids is 3. The first-order valence-electron chi connectivity index (χ1n) is 13.9. The van der Waals surface area contributed by atoms with Gasteiger partial charge in [-0.15, -0.1) is 0 Å². The second-order valence-electron chi connectivity index (χ2n) is 10.6. The molecule has 1 aliphatic carbocycles. The molecular weight excluding hydrogens is 520 g/mol. The number of carbonyl (C=O) groups is 3. The Morgan fingerprint density at radius 3 is 1.98 bits per heavy atom. The number of ether oxygens (including phenoxy) is 2. The number of para-hydroxylation sites is 2. The van der Waals surface area contributed by atoms with E-state index in [4.69, 9.17) is 9.47 Å². The highest BCUT2D eigenvalue weighted by atomic mass is 16.5. The fourth-order valence-corrected chi connectivity index (χ4v) is 5.88. The van der Waals surface area contributed by atoms with E-state index >= 15 is 0 Å². The molecule has 1 fully saturated rings. The molecule has 0 radical (unpaired) electrons.